The fourth-order valence-corrected chi connectivity index (χ4v) is 6.71. The summed E-state index contributed by atoms with van der Waals surface area (Å²) in [4.78, 5) is 6.80. The van der Waals surface area contributed by atoms with Gasteiger partial charge in [-0.1, -0.05) is 36.4 Å². The molecule has 12 heteroatoms. The number of alkyl halides is 6. The third kappa shape index (κ3) is 5.18. The monoisotopic (exact) mass is 702 g/mol. The lowest BCUT2D eigenvalue weighted by Crippen LogP contribution is -2.08. The highest BCUT2D eigenvalue weighted by Crippen LogP contribution is 2.54. The molecule has 0 aromatic heterocycles. The van der Waals surface area contributed by atoms with Crippen LogP contribution in [0.25, 0.3) is 65.3 Å². The SMILES string of the molecule is [C-]#[N+]C(C#N)=C1c2cc(-c3ccc(F)c(C(F)(F)F)c3)ccc2-c2cc3c(cc21)-c1ccc(-c2ccc(F)c(C(F)(F)F)c2)cc1C3=C(C#N)[N+]#[C-]. The van der Waals surface area contributed by atoms with Crippen LogP contribution in [0, 0.1) is 47.4 Å². The van der Waals surface area contributed by atoms with Crippen LogP contribution >= 0.6 is 0 Å². The minimum absolute atomic E-state index is 0.0322. The van der Waals surface area contributed by atoms with Crippen LogP contribution in [0.15, 0.2) is 96.3 Å². The third-order valence-corrected chi connectivity index (χ3v) is 8.97. The summed E-state index contributed by atoms with van der Waals surface area (Å²) < 4.78 is 109. The highest BCUT2D eigenvalue weighted by Gasteiger charge is 2.37. The van der Waals surface area contributed by atoms with Crippen LogP contribution < -0.4 is 0 Å². The van der Waals surface area contributed by atoms with Crippen molar-refractivity contribution in [3.63, 3.8) is 0 Å². The standard InChI is InChI=1S/C40H14F8N4/c1-51-35(17-49)37-27-11-19(21-5-9-33(41)31(13-21)39(43,44)45)3-7-23(27)25-16-30-26(15-29(25)37)24-8-4-20(12-28(24)38(30)36(18-50)52-2)22-6-10-34(42)32(14-22)40(46,47)48/h3-16H. The van der Waals surface area contributed by atoms with Gasteiger partial charge in [0.2, 0.25) is 0 Å². The van der Waals surface area contributed by atoms with Crippen molar-refractivity contribution in [1.82, 2.24) is 0 Å². The Balaban J connectivity index is 1.44. The molecule has 5 aromatic rings. The van der Waals surface area contributed by atoms with Gasteiger partial charge in [0.15, 0.2) is 0 Å². The molecule has 0 aliphatic heterocycles. The van der Waals surface area contributed by atoms with Crippen molar-refractivity contribution in [2.24, 2.45) is 0 Å². The Morgan fingerprint density at radius 3 is 1.12 bits per heavy atom. The maximum absolute atomic E-state index is 14.1. The van der Waals surface area contributed by atoms with Gasteiger partial charge in [0.1, 0.15) is 11.6 Å². The van der Waals surface area contributed by atoms with Crippen molar-refractivity contribution in [3.05, 3.63) is 164 Å². The van der Waals surface area contributed by atoms with E-state index < -0.39 is 35.1 Å². The van der Waals surface area contributed by atoms with E-state index in [1.54, 1.807) is 24.3 Å². The maximum Gasteiger partial charge on any atom is 0.419 e. The zero-order chi connectivity index (χ0) is 37.3. The first kappa shape index (κ1) is 33.5. The topological polar surface area (TPSA) is 56.3 Å². The van der Waals surface area contributed by atoms with Gasteiger partial charge in [-0.2, -0.15) is 26.3 Å². The number of nitrogens with zero attached hydrogens (tertiary/aromatic N) is 4. The maximum atomic E-state index is 14.1. The second kappa shape index (κ2) is 11.8. The summed E-state index contributed by atoms with van der Waals surface area (Å²) in [6.07, 6.45) is -9.92. The second-order valence-corrected chi connectivity index (χ2v) is 11.7. The normalized spacial score (nSPS) is 14.5. The molecular formula is C40H14F8N4. The van der Waals surface area contributed by atoms with E-state index in [1.165, 1.54) is 36.4 Å². The van der Waals surface area contributed by atoms with Gasteiger partial charge in [-0.15, -0.1) is 0 Å². The summed E-state index contributed by atoms with van der Waals surface area (Å²) in [7, 11) is 0. The van der Waals surface area contributed by atoms with Gasteiger partial charge in [-0.05, 0) is 115 Å². The van der Waals surface area contributed by atoms with Crippen molar-refractivity contribution in [2.75, 3.05) is 0 Å². The lowest BCUT2D eigenvalue weighted by molar-refractivity contribution is -0.140. The Morgan fingerprint density at radius 1 is 0.462 bits per heavy atom. The fourth-order valence-electron chi connectivity index (χ4n) is 6.71. The number of hydrogen-bond acceptors (Lipinski definition) is 2. The average molecular weight is 703 g/mol. The first-order valence-corrected chi connectivity index (χ1v) is 15.0. The number of nitriles is 2. The molecule has 0 saturated carbocycles. The summed E-state index contributed by atoms with van der Waals surface area (Å²) in [6.45, 7) is 15.5. The van der Waals surface area contributed by atoms with Crippen molar-refractivity contribution in [1.29, 1.82) is 10.5 Å². The number of hydrogen-bond donors (Lipinski definition) is 0. The largest absolute Gasteiger partial charge is 0.419 e. The molecule has 0 heterocycles. The average Bonchev–Trinajstić information content (AvgIpc) is 3.59. The van der Waals surface area contributed by atoms with Crippen LogP contribution in [-0.4, -0.2) is 0 Å². The first-order chi connectivity index (χ1) is 24.7. The predicted molar refractivity (Wildman–Crippen MR) is 175 cm³/mol. The summed E-state index contributed by atoms with van der Waals surface area (Å²) in [6, 6.07) is 21.3. The lowest BCUT2D eigenvalue weighted by atomic mass is 9.95. The highest BCUT2D eigenvalue weighted by molar-refractivity contribution is 6.11. The zero-order valence-corrected chi connectivity index (χ0v) is 25.9. The number of halogens is 8. The van der Waals surface area contributed by atoms with Crippen LogP contribution in [0.4, 0.5) is 35.1 Å². The van der Waals surface area contributed by atoms with E-state index >= 15 is 0 Å². The Morgan fingerprint density at radius 2 is 0.788 bits per heavy atom. The summed E-state index contributed by atoms with van der Waals surface area (Å²) in [5.41, 5.74) is 0.728. The number of benzene rings is 5. The molecule has 0 N–H and O–H groups in total. The molecule has 0 amide bonds. The minimum Gasteiger partial charge on any atom is -0.226 e. The van der Waals surface area contributed by atoms with E-state index in [4.69, 9.17) is 13.1 Å². The van der Waals surface area contributed by atoms with Gasteiger partial charge in [0.25, 0.3) is 11.4 Å². The smallest absolute Gasteiger partial charge is 0.226 e. The number of fused-ring (bicyclic) bond motifs is 6. The predicted octanol–water partition coefficient (Wildman–Crippen LogP) is 11.7. The van der Waals surface area contributed by atoms with Gasteiger partial charge in [0, 0.05) is 11.1 Å². The van der Waals surface area contributed by atoms with E-state index in [1.807, 2.05) is 12.1 Å². The lowest BCUT2D eigenvalue weighted by Gasteiger charge is -2.12. The Bertz CT molecular complexity index is 2450. The van der Waals surface area contributed by atoms with Gasteiger partial charge >= 0.3 is 12.4 Å². The molecule has 0 saturated heterocycles. The van der Waals surface area contributed by atoms with E-state index in [9.17, 15) is 45.6 Å². The van der Waals surface area contributed by atoms with E-state index in [0.717, 1.165) is 0 Å². The molecule has 5 aromatic carbocycles. The first-order valence-electron chi connectivity index (χ1n) is 15.0. The molecule has 0 fully saturated rings. The summed E-state index contributed by atoms with van der Waals surface area (Å²) >= 11 is 0. The molecule has 0 bridgehead atoms. The third-order valence-electron chi connectivity index (χ3n) is 8.97. The van der Waals surface area contributed by atoms with Crippen molar-refractivity contribution < 1.29 is 35.1 Å². The molecule has 52 heavy (non-hydrogen) atoms. The van der Waals surface area contributed by atoms with Crippen LogP contribution in [0.5, 0.6) is 0 Å². The summed E-state index contributed by atoms with van der Waals surface area (Å²) in [5, 5.41) is 20.0. The number of allylic oxidation sites excluding steroid dienone is 2. The van der Waals surface area contributed by atoms with Crippen molar-refractivity contribution >= 4 is 11.1 Å². The van der Waals surface area contributed by atoms with E-state index in [0.29, 0.717) is 68.8 Å². The minimum atomic E-state index is -4.96. The Kier molecular flexibility index (Phi) is 7.60. The van der Waals surface area contributed by atoms with Crippen LogP contribution in [0.1, 0.15) is 33.4 Å². The molecule has 7 rings (SSSR count). The van der Waals surface area contributed by atoms with E-state index in [2.05, 4.69) is 9.69 Å². The Labute approximate surface area is 289 Å². The summed E-state index contributed by atoms with van der Waals surface area (Å²) in [5.74, 6) is -2.90. The van der Waals surface area contributed by atoms with Gasteiger partial charge in [-0.3, -0.25) is 0 Å². The van der Waals surface area contributed by atoms with Crippen molar-refractivity contribution in [2.45, 2.75) is 12.4 Å². The molecule has 2 aliphatic carbocycles. The zero-order valence-electron chi connectivity index (χ0n) is 25.9. The second-order valence-electron chi connectivity index (χ2n) is 11.7. The van der Waals surface area contributed by atoms with Gasteiger partial charge in [0.05, 0.1) is 36.4 Å². The molecule has 0 unspecified atom stereocenters. The van der Waals surface area contributed by atoms with Gasteiger partial charge < -0.3 is 0 Å². The molecule has 2 aliphatic rings. The number of rotatable bonds is 2. The van der Waals surface area contributed by atoms with Crippen LogP contribution in [0.3, 0.4) is 0 Å². The molecular weight excluding hydrogens is 688 g/mol. The molecule has 0 atom stereocenters. The highest BCUT2D eigenvalue weighted by atomic mass is 19.4. The molecule has 0 spiro atoms. The molecule has 0 radical (unpaired) electrons. The van der Waals surface area contributed by atoms with Crippen LogP contribution in [0.2, 0.25) is 0 Å². The van der Waals surface area contributed by atoms with Gasteiger partial charge in [-0.25, -0.2) is 29.0 Å². The van der Waals surface area contributed by atoms with E-state index in [-0.39, 0.29) is 44.8 Å². The Hall–Kier alpha value is -7.02. The molecule has 4 nitrogen and oxygen atoms in total. The molecule has 250 valence electrons. The van der Waals surface area contributed by atoms with Crippen LogP contribution in [-0.2, 0) is 12.4 Å². The fraction of sp³-hybridized carbons (Fsp3) is 0.0500. The quantitative estimate of drug-likeness (QED) is 0.102. The van der Waals surface area contributed by atoms with Crippen molar-refractivity contribution in [3.8, 4) is 56.6 Å².